The zero-order valence-electron chi connectivity index (χ0n) is 9.60. The molecule has 0 unspecified atom stereocenters. The van der Waals surface area contributed by atoms with E-state index in [1.165, 1.54) is 0 Å². The van der Waals surface area contributed by atoms with Crippen LogP contribution in [-0.4, -0.2) is 34.0 Å². The maximum atomic E-state index is 12.0. The molecular weight excluding hydrogens is 312 g/mol. The molecule has 20 heavy (non-hydrogen) atoms. The second-order valence-corrected chi connectivity index (χ2v) is 6.38. The van der Waals surface area contributed by atoms with Crippen molar-refractivity contribution in [2.24, 2.45) is 5.84 Å². The van der Waals surface area contributed by atoms with Gasteiger partial charge in [-0.3, -0.25) is 10.1 Å². The van der Waals surface area contributed by atoms with Gasteiger partial charge in [0.1, 0.15) is 4.21 Å². The van der Waals surface area contributed by atoms with Crippen LogP contribution < -0.4 is 16.0 Å². The molecule has 0 radical (unpaired) electrons. The fourth-order valence-electron chi connectivity index (χ4n) is 1.22. The van der Waals surface area contributed by atoms with E-state index < -0.39 is 20.6 Å². The Labute approximate surface area is 115 Å². The summed E-state index contributed by atoms with van der Waals surface area (Å²) in [5.74, 6) is 5.24. The normalized spacial score (nSPS) is 11.4. The summed E-state index contributed by atoms with van der Waals surface area (Å²) in [6, 6.07) is 0.915. The Kier molecular flexibility index (Phi) is 3.89. The van der Waals surface area contributed by atoms with E-state index in [-0.39, 0.29) is 21.6 Å². The molecule has 2 aromatic rings. The van der Waals surface area contributed by atoms with Gasteiger partial charge in [0.25, 0.3) is 10.0 Å². The maximum Gasteiger partial charge on any atom is 0.306 e. The number of nitrogens with two attached hydrogens (primary N) is 1. The van der Waals surface area contributed by atoms with E-state index >= 15 is 0 Å². The van der Waals surface area contributed by atoms with E-state index in [4.69, 9.17) is 5.84 Å². The molecule has 0 amide bonds. The Balaban J connectivity index is 2.23. The Morgan fingerprint density at radius 2 is 2.30 bits per heavy atom. The number of hydrogen-bond acceptors (Lipinski definition) is 10. The van der Waals surface area contributed by atoms with Crippen molar-refractivity contribution in [1.82, 2.24) is 25.3 Å². The molecule has 2 aromatic heterocycles. The Bertz CT molecular complexity index is 707. The standard InChI is InChI=1S/C6H8N8O4S2/c7-9-6-3(14(15)16)1-5(19-6)20(17,18)8-2-4-10-12-13-11-4/h1,8-9H,2,7H2,(H,10,11,12,13). The summed E-state index contributed by atoms with van der Waals surface area (Å²) in [5.41, 5.74) is 1.66. The zero-order valence-corrected chi connectivity index (χ0v) is 11.2. The molecule has 0 spiro atoms. The number of hydrazine groups is 1. The molecule has 0 aliphatic carbocycles. The minimum Gasteiger partial charge on any atom is -0.310 e. The Morgan fingerprint density at radius 3 is 2.80 bits per heavy atom. The molecule has 0 atom stereocenters. The predicted octanol–water partition coefficient (Wildman–Crippen LogP) is -1.07. The first-order valence-electron chi connectivity index (χ1n) is 4.91. The van der Waals surface area contributed by atoms with Crippen LogP contribution in [0.15, 0.2) is 10.3 Å². The van der Waals surface area contributed by atoms with Gasteiger partial charge < -0.3 is 5.43 Å². The number of sulfonamides is 1. The van der Waals surface area contributed by atoms with Crippen LogP contribution in [0.1, 0.15) is 5.82 Å². The molecule has 2 rings (SSSR count). The highest BCUT2D eigenvalue weighted by molar-refractivity contribution is 7.91. The number of H-pyrrole nitrogens is 1. The lowest BCUT2D eigenvalue weighted by Crippen LogP contribution is -2.23. The number of aromatic nitrogens is 4. The third-order valence-corrected chi connectivity index (χ3v) is 5.02. The van der Waals surface area contributed by atoms with E-state index in [9.17, 15) is 18.5 Å². The van der Waals surface area contributed by atoms with Crippen LogP contribution in [0.2, 0.25) is 0 Å². The zero-order chi connectivity index (χ0) is 14.8. The van der Waals surface area contributed by atoms with Gasteiger partial charge >= 0.3 is 5.69 Å². The molecule has 12 nitrogen and oxygen atoms in total. The van der Waals surface area contributed by atoms with Crippen molar-refractivity contribution in [3.05, 3.63) is 22.0 Å². The largest absolute Gasteiger partial charge is 0.310 e. The van der Waals surface area contributed by atoms with Crippen molar-refractivity contribution in [3.8, 4) is 0 Å². The first-order chi connectivity index (χ1) is 9.44. The summed E-state index contributed by atoms with van der Waals surface area (Å²) in [6.45, 7) is -0.198. The molecule has 0 fully saturated rings. The summed E-state index contributed by atoms with van der Waals surface area (Å²) in [7, 11) is -3.93. The molecule has 0 aromatic carbocycles. The second-order valence-electron chi connectivity index (χ2n) is 3.33. The monoisotopic (exact) mass is 320 g/mol. The molecule has 0 saturated heterocycles. The average Bonchev–Trinajstić information content (AvgIpc) is 3.05. The highest BCUT2D eigenvalue weighted by atomic mass is 32.2. The Morgan fingerprint density at radius 1 is 1.55 bits per heavy atom. The topological polar surface area (TPSA) is 182 Å². The fourth-order valence-corrected chi connectivity index (χ4v) is 3.48. The molecule has 5 N–H and O–H groups in total. The van der Waals surface area contributed by atoms with Gasteiger partial charge in [-0.2, -0.15) is 5.21 Å². The predicted molar refractivity (Wildman–Crippen MR) is 67.0 cm³/mol. The van der Waals surface area contributed by atoms with Crippen molar-refractivity contribution in [1.29, 1.82) is 0 Å². The number of tetrazole rings is 1. The second kappa shape index (κ2) is 5.45. The van der Waals surface area contributed by atoms with Crippen LogP contribution in [0.3, 0.4) is 0 Å². The van der Waals surface area contributed by atoms with Crippen LogP contribution in [0.5, 0.6) is 0 Å². The van der Waals surface area contributed by atoms with Crippen LogP contribution in [0.25, 0.3) is 0 Å². The van der Waals surface area contributed by atoms with Gasteiger partial charge in [0.2, 0.25) is 0 Å². The summed E-state index contributed by atoms with van der Waals surface area (Å²) in [4.78, 5) is 10.0. The highest BCUT2D eigenvalue weighted by Crippen LogP contribution is 2.36. The lowest BCUT2D eigenvalue weighted by atomic mass is 10.5. The third-order valence-electron chi connectivity index (χ3n) is 2.09. The molecule has 14 heteroatoms. The van der Waals surface area contributed by atoms with Crippen molar-refractivity contribution >= 4 is 32.0 Å². The van der Waals surface area contributed by atoms with E-state index in [1.807, 2.05) is 0 Å². The summed E-state index contributed by atoms with van der Waals surface area (Å²) in [6.07, 6.45) is 0. The van der Waals surface area contributed by atoms with E-state index in [0.29, 0.717) is 11.3 Å². The SMILES string of the molecule is NNc1sc(S(=O)(=O)NCc2nn[nH]n2)cc1[N+](=O)[O-]. The smallest absolute Gasteiger partial charge is 0.306 e. The van der Waals surface area contributed by atoms with Crippen molar-refractivity contribution in [3.63, 3.8) is 0 Å². The van der Waals surface area contributed by atoms with Crippen LogP contribution in [0.4, 0.5) is 10.7 Å². The highest BCUT2D eigenvalue weighted by Gasteiger charge is 2.25. The van der Waals surface area contributed by atoms with Gasteiger partial charge in [-0.25, -0.2) is 19.0 Å². The van der Waals surface area contributed by atoms with Gasteiger partial charge in [-0.05, 0) is 0 Å². The van der Waals surface area contributed by atoms with E-state index in [1.54, 1.807) is 0 Å². The number of nitrogen functional groups attached to an aromatic ring is 1. The quantitative estimate of drug-likeness (QED) is 0.292. The van der Waals surface area contributed by atoms with Gasteiger partial charge in [0, 0.05) is 6.07 Å². The molecule has 2 heterocycles. The van der Waals surface area contributed by atoms with Crippen molar-refractivity contribution in [2.75, 3.05) is 5.43 Å². The minimum absolute atomic E-state index is 0.0602. The molecular formula is C6H8N8O4S2. The lowest BCUT2D eigenvalue weighted by Gasteiger charge is -2.00. The first kappa shape index (κ1) is 14.3. The number of thiophene rings is 1. The number of rotatable bonds is 6. The average molecular weight is 320 g/mol. The van der Waals surface area contributed by atoms with Crippen molar-refractivity contribution in [2.45, 2.75) is 10.8 Å². The fraction of sp³-hybridized carbons (Fsp3) is 0.167. The first-order valence-corrected chi connectivity index (χ1v) is 7.21. The number of nitro groups is 1. The summed E-state index contributed by atoms with van der Waals surface area (Å²) >= 11 is 0.639. The minimum atomic E-state index is -3.93. The summed E-state index contributed by atoms with van der Waals surface area (Å²) in [5, 5.41) is 23.2. The van der Waals surface area contributed by atoms with Crippen LogP contribution in [0, 0.1) is 10.1 Å². The number of anilines is 1. The van der Waals surface area contributed by atoms with E-state index in [2.05, 4.69) is 30.8 Å². The van der Waals surface area contributed by atoms with Crippen LogP contribution >= 0.6 is 11.3 Å². The van der Waals surface area contributed by atoms with E-state index in [0.717, 1.165) is 6.07 Å². The number of nitrogens with one attached hydrogen (secondary N) is 3. The molecule has 0 bridgehead atoms. The molecule has 108 valence electrons. The number of nitrogens with zero attached hydrogens (tertiary/aromatic N) is 4. The van der Waals surface area contributed by atoms with Gasteiger partial charge in [0.05, 0.1) is 11.5 Å². The third kappa shape index (κ3) is 2.87. The van der Waals surface area contributed by atoms with Crippen LogP contribution in [-0.2, 0) is 16.6 Å². The molecule has 0 aliphatic rings. The maximum absolute atomic E-state index is 12.0. The molecule has 0 aliphatic heterocycles. The molecule has 0 saturated carbocycles. The van der Waals surface area contributed by atoms with Gasteiger partial charge in [-0.15, -0.1) is 10.2 Å². The van der Waals surface area contributed by atoms with Gasteiger partial charge in [-0.1, -0.05) is 16.6 Å². The Hall–Kier alpha value is -2.16. The number of aromatic amines is 1. The lowest BCUT2D eigenvalue weighted by molar-refractivity contribution is -0.383. The van der Waals surface area contributed by atoms with Crippen molar-refractivity contribution < 1.29 is 13.3 Å². The van der Waals surface area contributed by atoms with Gasteiger partial charge in [0.15, 0.2) is 10.8 Å². The summed E-state index contributed by atoms with van der Waals surface area (Å²) < 4.78 is 25.8. The number of hydrogen-bond donors (Lipinski definition) is 4.